The summed E-state index contributed by atoms with van der Waals surface area (Å²) in [5.74, 6) is -0.195. The van der Waals surface area contributed by atoms with Crippen LogP contribution in [0.2, 0.25) is 0 Å². The summed E-state index contributed by atoms with van der Waals surface area (Å²) < 4.78 is 17.3. The lowest BCUT2D eigenvalue weighted by Crippen LogP contribution is -2.44. The molecule has 51 heavy (non-hydrogen) atoms. The van der Waals surface area contributed by atoms with E-state index >= 15 is 0 Å². The number of amides is 1. The van der Waals surface area contributed by atoms with Gasteiger partial charge in [0, 0.05) is 44.2 Å². The van der Waals surface area contributed by atoms with Gasteiger partial charge in [0.15, 0.2) is 6.29 Å². The molecule has 1 heterocycles. The molecule has 276 valence electrons. The van der Waals surface area contributed by atoms with Gasteiger partial charge in [-0.05, 0) is 100 Å². The molecule has 0 radical (unpaired) electrons. The van der Waals surface area contributed by atoms with E-state index in [0.717, 1.165) is 45.0 Å². The molecule has 1 aromatic heterocycles. The van der Waals surface area contributed by atoms with Crippen LogP contribution in [0.4, 0.5) is 0 Å². The minimum Gasteiger partial charge on any atom is -0.497 e. The van der Waals surface area contributed by atoms with Crippen LogP contribution in [0.1, 0.15) is 65.9 Å². The number of nitrogens with zero attached hydrogens (tertiary/aromatic N) is 3. The molecule has 1 amide bonds. The highest BCUT2D eigenvalue weighted by Crippen LogP contribution is 2.27. The molecule has 0 spiro atoms. The van der Waals surface area contributed by atoms with Crippen LogP contribution >= 0.6 is 0 Å². The minimum atomic E-state index is -0.682. The van der Waals surface area contributed by atoms with Crippen molar-refractivity contribution in [2.24, 2.45) is 5.92 Å². The number of hydrogen-bond donors (Lipinski definition) is 0. The van der Waals surface area contributed by atoms with Gasteiger partial charge in [-0.2, -0.15) is 0 Å². The Balaban J connectivity index is 1.91. The molecule has 0 fully saturated rings. The fourth-order valence-electron chi connectivity index (χ4n) is 6.26. The Hall–Kier alpha value is -4.18. The van der Waals surface area contributed by atoms with Gasteiger partial charge < -0.3 is 19.1 Å². The number of aromatic nitrogens is 1. The molecule has 0 saturated carbocycles. The minimum absolute atomic E-state index is 0.000379. The molecular weight excluding hydrogens is 642 g/mol. The van der Waals surface area contributed by atoms with E-state index in [9.17, 15) is 14.4 Å². The third kappa shape index (κ3) is 13.5. The summed E-state index contributed by atoms with van der Waals surface area (Å²) in [4.78, 5) is 50.0. The molecule has 1 atom stereocenters. The molecule has 0 bridgehead atoms. The topological polar surface area (TPSA) is 98.3 Å². The summed E-state index contributed by atoms with van der Waals surface area (Å²) >= 11 is 0. The van der Waals surface area contributed by atoms with Crippen molar-refractivity contribution < 1.29 is 28.6 Å². The third-order valence-electron chi connectivity index (χ3n) is 9.05. The largest absolute Gasteiger partial charge is 0.497 e. The predicted octanol–water partition coefficient (Wildman–Crippen LogP) is 6.56. The summed E-state index contributed by atoms with van der Waals surface area (Å²) in [7, 11) is 1.63. The van der Waals surface area contributed by atoms with Crippen LogP contribution in [0.25, 0.3) is 0 Å². The lowest BCUT2D eigenvalue weighted by molar-refractivity contribution is -0.162. The van der Waals surface area contributed by atoms with Crippen LogP contribution in [-0.4, -0.2) is 85.1 Å². The quantitative estimate of drug-likeness (QED) is 0.0812. The van der Waals surface area contributed by atoms with E-state index in [-0.39, 0.29) is 50.1 Å². The Morgan fingerprint density at radius 3 is 2.12 bits per heavy atom. The number of methoxy groups -OCH3 is 1. The van der Waals surface area contributed by atoms with Crippen molar-refractivity contribution >= 4 is 17.5 Å². The summed E-state index contributed by atoms with van der Waals surface area (Å²) in [6.07, 6.45) is 2.44. The lowest BCUT2D eigenvalue weighted by Gasteiger charge is -2.31. The Labute approximate surface area is 305 Å². The number of benzene rings is 2. The number of carbonyl (C=O) groups is 3. The van der Waals surface area contributed by atoms with Crippen LogP contribution in [0.5, 0.6) is 5.75 Å². The van der Waals surface area contributed by atoms with Crippen molar-refractivity contribution in [3.63, 3.8) is 0 Å². The molecule has 3 rings (SSSR count). The Morgan fingerprint density at radius 2 is 1.53 bits per heavy atom. The molecule has 0 N–H and O–H groups in total. The van der Waals surface area contributed by atoms with Gasteiger partial charge in [0.25, 0.3) is 0 Å². The van der Waals surface area contributed by atoms with Crippen LogP contribution in [0.3, 0.4) is 0 Å². The molecule has 3 aromatic rings. The number of ether oxygens (including phenoxy) is 3. The maximum atomic E-state index is 14.8. The molecule has 0 aliphatic heterocycles. The van der Waals surface area contributed by atoms with Crippen LogP contribution in [0, 0.1) is 33.6 Å². The summed E-state index contributed by atoms with van der Waals surface area (Å²) in [5.41, 5.74) is 6.76. The Bertz CT molecular complexity index is 1560. The predicted molar refractivity (Wildman–Crippen MR) is 202 cm³/mol. The molecule has 0 unspecified atom stereocenters. The maximum absolute atomic E-state index is 14.8. The zero-order valence-corrected chi connectivity index (χ0v) is 31.7. The second-order valence-electron chi connectivity index (χ2n) is 13.1. The summed E-state index contributed by atoms with van der Waals surface area (Å²) in [6, 6.07) is 17.7. The normalized spacial score (nSPS) is 11.9. The van der Waals surface area contributed by atoms with Gasteiger partial charge in [-0.25, -0.2) is 0 Å². The fourth-order valence-corrected chi connectivity index (χ4v) is 6.26. The number of carbonyl (C=O) groups excluding carboxylic acids is 3. The van der Waals surface area contributed by atoms with E-state index in [1.54, 1.807) is 18.1 Å². The van der Waals surface area contributed by atoms with Gasteiger partial charge in [-0.3, -0.25) is 24.3 Å². The zero-order valence-electron chi connectivity index (χ0n) is 31.7. The number of Topliss-reactive ketones (excluding diaryl/α,β-unsaturated/α-hetero) is 2. The molecule has 0 aliphatic rings. The van der Waals surface area contributed by atoms with E-state index in [4.69, 9.17) is 19.2 Å². The molecular formula is C42H57N3O6. The first-order valence-electron chi connectivity index (χ1n) is 18.0. The first-order chi connectivity index (χ1) is 24.5. The van der Waals surface area contributed by atoms with E-state index in [0.29, 0.717) is 39.0 Å². The van der Waals surface area contributed by atoms with Gasteiger partial charge in [-0.1, -0.05) is 42.5 Å². The number of rotatable bonds is 23. The maximum Gasteiger partial charge on any atom is 0.226 e. The van der Waals surface area contributed by atoms with E-state index < -0.39 is 12.2 Å². The number of pyridine rings is 1. The van der Waals surface area contributed by atoms with Crippen molar-refractivity contribution in [3.05, 3.63) is 106 Å². The van der Waals surface area contributed by atoms with E-state index in [1.165, 1.54) is 0 Å². The third-order valence-corrected chi connectivity index (χ3v) is 9.05. The van der Waals surface area contributed by atoms with Crippen molar-refractivity contribution in [3.8, 4) is 5.75 Å². The standard InChI is InChI=1S/C42H57N3O6/c1-9-21-44(27-37(46)20-18-34-15-13-12-14-16-34)28-38(47)24-35(25-40-31(5)22-39(49-8)23-32(40)6)42(48)45(29-41(50-10-2)51-11-3)26-36-19-17-30(4)33(7)43-36/h9,12-17,19,22-23,35,41H,1,10-11,18,20-21,24-29H2,2-8H3/t35-/m0/s1. The van der Waals surface area contributed by atoms with E-state index in [1.807, 2.05) is 101 Å². The zero-order chi connectivity index (χ0) is 37.3. The molecule has 0 aliphatic carbocycles. The number of ketones is 2. The molecule has 9 heteroatoms. The first-order valence-corrected chi connectivity index (χ1v) is 18.0. The first kappa shape index (κ1) is 41.2. The van der Waals surface area contributed by atoms with Crippen molar-refractivity contribution in [2.75, 3.05) is 46.5 Å². The molecule has 2 aromatic carbocycles. The highest BCUT2D eigenvalue weighted by Gasteiger charge is 2.31. The SMILES string of the molecule is C=CCN(CC(=O)CCc1ccccc1)CC(=O)C[C@@H](Cc1c(C)cc(OC)cc1C)C(=O)N(Cc1ccc(C)c(C)n1)CC(OCC)OCC. The average molecular weight is 700 g/mol. The summed E-state index contributed by atoms with van der Waals surface area (Å²) in [5, 5.41) is 0. The van der Waals surface area contributed by atoms with Gasteiger partial charge in [-0.15, -0.1) is 6.58 Å². The summed E-state index contributed by atoms with van der Waals surface area (Å²) in [6.45, 7) is 17.4. The van der Waals surface area contributed by atoms with Crippen molar-refractivity contribution in [2.45, 2.75) is 80.1 Å². The molecule has 0 saturated heterocycles. The van der Waals surface area contributed by atoms with Gasteiger partial charge in [0.2, 0.25) is 5.91 Å². The van der Waals surface area contributed by atoms with Crippen LogP contribution in [-0.2, 0) is 43.2 Å². The smallest absolute Gasteiger partial charge is 0.226 e. The van der Waals surface area contributed by atoms with Crippen molar-refractivity contribution in [1.82, 2.24) is 14.8 Å². The second kappa shape index (κ2) is 21.2. The van der Waals surface area contributed by atoms with Crippen LogP contribution in [0.15, 0.2) is 67.3 Å². The highest BCUT2D eigenvalue weighted by atomic mass is 16.7. The fraction of sp³-hybridized carbons (Fsp3) is 0.476. The second-order valence-corrected chi connectivity index (χ2v) is 13.1. The average Bonchev–Trinajstić information content (AvgIpc) is 3.10. The number of aryl methyl sites for hydroxylation is 5. The van der Waals surface area contributed by atoms with Gasteiger partial charge in [0.05, 0.1) is 39.0 Å². The highest BCUT2D eigenvalue weighted by molar-refractivity contribution is 5.89. The number of hydrogen-bond acceptors (Lipinski definition) is 8. The lowest BCUT2D eigenvalue weighted by atomic mass is 9.88. The molecule has 9 nitrogen and oxygen atoms in total. The Kier molecular flexibility index (Phi) is 17.2. The van der Waals surface area contributed by atoms with Crippen LogP contribution < -0.4 is 4.74 Å². The van der Waals surface area contributed by atoms with Gasteiger partial charge >= 0.3 is 0 Å². The van der Waals surface area contributed by atoms with E-state index in [2.05, 4.69) is 6.58 Å². The Morgan fingerprint density at radius 1 is 0.882 bits per heavy atom. The monoisotopic (exact) mass is 699 g/mol. The van der Waals surface area contributed by atoms with Crippen molar-refractivity contribution in [1.29, 1.82) is 0 Å². The van der Waals surface area contributed by atoms with Gasteiger partial charge in [0.1, 0.15) is 17.3 Å².